The molecule has 3 heteroatoms. The van der Waals surface area contributed by atoms with Crippen molar-refractivity contribution in [1.82, 2.24) is 4.57 Å². The van der Waals surface area contributed by atoms with E-state index < -0.39 is 6.17 Å². The Kier molecular flexibility index (Phi) is 10.4. The van der Waals surface area contributed by atoms with E-state index >= 15 is 4.39 Å². The van der Waals surface area contributed by atoms with Gasteiger partial charge in [-0.25, -0.2) is 4.39 Å². The van der Waals surface area contributed by atoms with Crippen molar-refractivity contribution in [3.8, 4) is 39.1 Å². The van der Waals surface area contributed by atoms with Gasteiger partial charge >= 0.3 is 0 Å². The molecule has 0 radical (unpaired) electrons. The number of hydrogen-bond donors (Lipinski definition) is 0. The lowest BCUT2D eigenvalue weighted by molar-refractivity contribution is 0.403. The summed E-state index contributed by atoms with van der Waals surface area (Å²) in [7, 11) is 0. The Morgan fingerprint density at radius 2 is 1.00 bits per heavy atom. The largest absolute Gasteiger partial charge is 0.310 e. The number of nitrogens with zero attached hydrogens (tertiary/aromatic N) is 2. The van der Waals surface area contributed by atoms with Gasteiger partial charge in [-0.2, -0.15) is 0 Å². The predicted octanol–water partition coefficient (Wildman–Crippen LogP) is 17.5. The summed E-state index contributed by atoms with van der Waals surface area (Å²) >= 11 is 0. The third-order valence-corrected chi connectivity index (χ3v) is 12.6. The molecule has 0 aliphatic heterocycles. The molecule has 10 aromatic carbocycles. The molecule has 0 saturated heterocycles. The predicted molar refractivity (Wildman–Crippen MR) is 273 cm³/mol. The molecule has 11 aromatic rings. The lowest BCUT2D eigenvalue weighted by Gasteiger charge is -2.27. The van der Waals surface area contributed by atoms with Gasteiger partial charge in [-0.15, -0.1) is 0 Å². The van der Waals surface area contributed by atoms with Gasteiger partial charge in [-0.1, -0.05) is 188 Å². The maximum Gasteiger partial charge on any atom is 0.153 e. The fraction of sp³-hybridized carbons (Fsp3) is 0.0323. The zero-order valence-corrected chi connectivity index (χ0v) is 36.0. The van der Waals surface area contributed by atoms with Crippen LogP contribution in [-0.4, -0.2) is 4.57 Å². The number of anilines is 3. The standard InChI is InChI=1S/C62H45FN2/c1-2-16-58-61(62(63)48-20-8-4-9-21-48)60-57(27-15-28-59(60)65(58)51-23-10-5-11-24-51)49-22-14-25-53(41-49)64(54-39-40-56-50(42-54)34-33-47-19-12-13-26-55(47)56)52-37-35-46(36-38-52)45-31-29-44(30-32-45)43-17-6-3-7-18-43/h2-42,62H,1H3/b16-2-. The summed E-state index contributed by atoms with van der Waals surface area (Å²) in [4.78, 5) is 2.34. The maximum absolute atomic E-state index is 17.5. The van der Waals surface area contributed by atoms with Gasteiger partial charge in [0.05, 0.1) is 11.2 Å². The third kappa shape index (κ3) is 7.37. The molecule has 1 heterocycles. The average Bonchev–Trinajstić information content (AvgIpc) is 3.71. The van der Waals surface area contributed by atoms with Gasteiger partial charge in [-0.05, 0) is 128 Å². The number of hydrogen-bond acceptors (Lipinski definition) is 1. The molecule has 1 aromatic heterocycles. The zero-order valence-electron chi connectivity index (χ0n) is 36.0. The first-order chi connectivity index (χ1) is 32.1. The van der Waals surface area contributed by atoms with Crippen molar-refractivity contribution in [1.29, 1.82) is 0 Å². The van der Waals surface area contributed by atoms with E-state index in [9.17, 15) is 0 Å². The molecule has 0 N–H and O–H groups in total. The lowest BCUT2D eigenvalue weighted by atomic mass is 9.93. The summed E-state index contributed by atoms with van der Waals surface area (Å²) in [5.74, 6) is 0. The number of para-hydroxylation sites is 1. The summed E-state index contributed by atoms with van der Waals surface area (Å²) < 4.78 is 19.7. The topological polar surface area (TPSA) is 8.17 Å². The third-order valence-electron chi connectivity index (χ3n) is 12.6. The molecule has 0 aliphatic carbocycles. The van der Waals surface area contributed by atoms with Crippen LogP contribution in [0.25, 0.3) is 77.6 Å². The van der Waals surface area contributed by atoms with Gasteiger partial charge in [0.25, 0.3) is 0 Å². The highest BCUT2D eigenvalue weighted by atomic mass is 19.1. The fourth-order valence-electron chi connectivity index (χ4n) is 9.54. The van der Waals surface area contributed by atoms with Crippen molar-refractivity contribution in [2.45, 2.75) is 13.1 Å². The molecule has 310 valence electrons. The fourth-order valence-corrected chi connectivity index (χ4v) is 9.54. The van der Waals surface area contributed by atoms with Crippen molar-refractivity contribution in [2.24, 2.45) is 0 Å². The Hall–Kier alpha value is -8.27. The van der Waals surface area contributed by atoms with Crippen LogP contribution in [0, 0.1) is 0 Å². The minimum atomic E-state index is -1.36. The van der Waals surface area contributed by atoms with Crippen LogP contribution in [0.5, 0.6) is 0 Å². The number of benzene rings is 10. The summed E-state index contributed by atoms with van der Waals surface area (Å²) in [5, 5.41) is 5.73. The molecule has 0 spiro atoms. The zero-order chi connectivity index (χ0) is 43.7. The van der Waals surface area contributed by atoms with E-state index in [4.69, 9.17) is 0 Å². The lowest BCUT2D eigenvalue weighted by Crippen LogP contribution is -2.10. The number of halogens is 1. The quantitative estimate of drug-likeness (QED) is 0.125. The number of alkyl halides is 1. The minimum absolute atomic E-state index is 0.625. The number of allylic oxidation sites excluding steroid dienone is 1. The molecule has 65 heavy (non-hydrogen) atoms. The molecular formula is C62H45FN2. The van der Waals surface area contributed by atoms with E-state index in [1.165, 1.54) is 32.7 Å². The van der Waals surface area contributed by atoms with Crippen molar-refractivity contribution in [3.63, 3.8) is 0 Å². The van der Waals surface area contributed by atoms with Crippen molar-refractivity contribution in [2.75, 3.05) is 4.90 Å². The Morgan fingerprint density at radius 3 is 1.72 bits per heavy atom. The normalized spacial score (nSPS) is 12.0. The summed E-state index contributed by atoms with van der Waals surface area (Å²) in [6, 6.07) is 82.8. The molecule has 0 saturated carbocycles. The Labute approximate surface area is 379 Å². The highest BCUT2D eigenvalue weighted by molar-refractivity contribution is 6.09. The first kappa shape index (κ1) is 39.6. The summed E-state index contributed by atoms with van der Waals surface area (Å²) in [6.07, 6.45) is 2.69. The average molecular weight is 837 g/mol. The highest BCUT2D eigenvalue weighted by Gasteiger charge is 2.27. The Bertz CT molecular complexity index is 3480. The van der Waals surface area contributed by atoms with Gasteiger partial charge in [0.15, 0.2) is 6.17 Å². The molecule has 0 aliphatic rings. The van der Waals surface area contributed by atoms with Crippen LogP contribution >= 0.6 is 0 Å². The molecule has 2 nitrogen and oxygen atoms in total. The van der Waals surface area contributed by atoms with Gasteiger partial charge in [0, 0.05) is 33.7 Å². The van der Waals surface area contributed by atoms with Crippen molar-refractivity contribution < 1.29 is 4.39 Å². The van der Waals surface area contributed by atoms with E-state index in [0.717, 1.165) is 61.6 Å². The second-order valence-corrected chi connectivity index (χ2v) is 16.5. The Morgan fingerprint density at radius 1 is 0.446 bits per heavy atom. The first-order valence-corrected chi connectivity index (χ1v) is 22.3. The molecule has 0 amide bonds. The molecule has 11 rings (SSSR count). The van der Waals surface area contributed by atoms with Gasteiger partial charge in [0.2, 0.25) is 0 Å². The van der Waals surface area contributed by atoms with Gasteiger partial charge < -0.3 is 9.47 Å². The molecule has 0 fully saturated rings. The van der Waals surface area contributed by atoms with Crippen LogP contribution in [-0.2, 0) is 0 Å². The number of aromatic nitrogens is 1. The Balaban J connectivity index is 1.07. The van der Waals surface area contributed by atoms with E-state index in [2.05, 4.69) is 191 Å². The second-order valence-electron chi connectivity index (χ2n) is 16.5. The maximum atomic E-state index is 17.5. The summed E-state index contributed by atoms with van der Waals surface area (Å²) in [6.45, 7) is 1.99. The molecule has 1 unspecified atom stereocenters. The van der Waals surface area contributed by atoms with E-state index in [1.807, 2.05) is 73.7 Å². The number of rotatable bonds is 10. The van der Waals surface area contributed by atoms with Crippen LogP contribution in [0.4, 0.5) is 21.5 Å². The van der Waals surface area contributed by atoms with Gasteiger partial charge in [0.1, 0.15) is 0 Å². The molecule has 0 bridgehead atoms. The van der Waals surface area contributed by atoms with E-state index in [0.29, 0.717) is 11.1 Å². The highest BCUT2D eigenvalue weighted by Crippen LogP contribution is 2.45. The molecule has 1 atom stereocenters. The second kappa shape index (κ2) is 17.1. The monoisotopic (exact) mass is 836 g/mol. The van der Waals surface area contributed by atoms with E-state index in [-0.39, 0.29) is 0 Å². The van der Waals surface area contributed by atoms with Crippen molar-refractivity contribution in [3.05, 3.63) is 259 Å². The SMILES string of the molecule is C/C=C\c1c(C(F)c2ccccc2)c2c(-c3cccc(N(c4ccc(-c5ccc(-c6ccccc6)cc5)cc4)c4ccc5c(ccc6ccccc65)c4)c3)cccc2n1-c1ccccc1. The van der Waals surface area contributed by atoms with Crippen LogP contribution in [0.1, 0.15) is 29.9 Å². The summed E-state index contributed by atoms with van der Waals surface area (Å²) in [5.41, 5.74) is 13.8. The smallest absolute Gasteiger partial charge is 0.153 e. The number of fused-ring (bicyclic) bond motifs is 4. The van der Waals surface area contributed by atoms with Crippen molar-refractivity contribution >= 4 is 55.6 Å². The van der Waals surface area contributed by atoms with Crippen LogP contribution in [0.3, 0.4) is 0 Å². The van der Waals surface area contributed by atoms with Crippen LogP contribution < -0.4 is 4.90 Å². The van der Waals surface area contributed by atoms with Crippen LogP contribution in [0.2, 0.25) is 0 Å². The molecular weight excluding hydrogens is 792 g/mol. The minimum Gasteiger partial charge on any atom is -0.310 e. The van der Waals surface area contributed by atoms with E-state index in [1.54, 1.807) is 0 Å². The van der Waals surface area contributed by atoms with Gasteiger partial charge in [-0.3, -0.25) is 0 Å². The first-order valence-electron chi connectivity index (χ1n) is 22.3. The van der Waals surface area contributed by atoms with Crippen LogP contribution in [0.15, 0.2) is 243 Å².